The van der Waals surface area contributed by atoms with Gasteiger partial charge in [0.2, 0.25) is 0 Å². The third-order valence-electron chi connectivity index (χ3n) is 2.69. The van der Waals surface area contributed by atoms with Crippen LogP contribution in [0.5, 0.6) is 5.75 Å². The van der Waals surface area contributed by atoms with E-state index in [9.17, 15) is 4.79 Å². The van der Waals surface area contributed by atoms with Crippen LogP contribution < -0.4 is 9.64 Å². The number of pyridine rings is 1. The molecule has 2 rings (SSSR count). The molecule has 0 unspecified atom stereocenters. The van der Waals surface area contributed by atoms with Crippen LogP contribution in [0.2, 0.25) is 0 Å². The highest BCUT2D eigenvalue weighted by atomic mass is 79.9. The van der Waals surface area contributed by atoms with E-state index >= 15 is 0 Å². The Hall–Kier alpha value is -1.88. The first-order chi connectivity index (χ1) is 9.13. The van der Waals surface area contributed by atoms with Gasteiger partial charge in [-0.2, -0.15) is 0 Å². The maximum Gasteiger partial charge on any atom is 0.262 e. The first-order valence-corrected chi connectivity index (χ1v) is 6.45. The van der Waals surface area contributed by atoms with Crippen LogP contribution in [0.15, 0.2) is 47.1 Å². The lowest BCUT2D eigenvalue weighted by molar-refractivity contribution is 0.0989. The summed E-state index contributed by atoms with van der Waals surface area (Å²) in [6.45, 7) is 0. The zero-order valence-corrected chi connectivity index (χ0v) is 12.2. The van der Waals surface area contributed by atoms with Gasteiger partial charge in [0.1, 0.15) is 11.6 Å². The van der Waals surface area contributed by atoms with E-state index < -0.39 is 0 Å². The standard InChI is InChI=1S/C14H13BrN2O2/c1-17(13-5-3-4-8-16-13)14(18)11-7-6-10(15)9-12(11)19-2/h3-9H,1-2H3. The Balaban J connectivity index is 2.34. The molecule has 4 nitrogen and oxygen atoms in total. The van der Waals surface area contributed by atoms with Gasteiger partial charge in [-0.3, -0.25) is 9.69 Å². The van der Waals surface area contributed by atoms with E-state index in [1.165, 1.54) is 4.90 Å². The molecular formula is C14H13BrN2O2. The number of hydrogen-bond donors (Lipinski definition) is 0. The number of hydrogen-bond acceptors (Lipinski definition) is 3. The molecule has 0 aliphatic carbocycles. The second-order valence-electron chi connectivity index (χ2n) is 3.90. The van der Waals surface area contributed by atoms with Crippen molar-refractivity contribution < 1.29 is 9.53 Å². The van der Waals surface area contributed by atoms with Gasteiger partial charge in [-0.1, -0.05) is 22.0 Å². The summed E-state index contributed by atoms with van der Waals surface area (Å²) in [7, 11) is 3.23. The van der Waals surface area contributed by atoms with Crippen LogP contribution in [0.3, 0.4) is 0 Å². The predicted octanol–water partition coefficient (Wildman–Crippen LogP) is 3.13. The Morgan fingerprint density at radius 3 is 2.74 bits per heavy atom. The second kappa shape index (κ2) is 5.84. The maximum atomic E-state index is 12.4. The van der Waals surface area contributed by atoms with Crippen LogP contribution >= 0.6 is 15.9 Å². The molecule has 0 saturated carbocycles. The van der Waals surface area contributed by atoms with E-state index in [0.29, 0.717) is 17.1 Å². The minimum absolute atomic E-state index is 0.164. The zero-order valence-electron chi connectivity index (χ0n) is 10.6. The monoisotopic (exact) mass is 320 g/mol. The fourth-order valence-corrected chi connectivity index (χ4v) is 2.02. The predicted molar refractivity (Wildman–Crippen MR) is 77.7 cm³/mol. The van der Waals surface area contributed by atoms with Crippen molar-refractivity contribution in [1.82, 2.24) is 4.98 Å². The van der Waals surface area contributed by atoms with Gasteiger partial charge in [0, 0.05) is 17.7 Å². The molecule has 1 aromatic carbocycles. The molecule has 0 radical (unpaired) electrons. The lowest BCUT2D eigenvalue weighted by Gasteiger charge is -2.17. The lowest BCUT2D eigenvalue weighted by atomic mass is 10.1. The summed E-state index contributed by atoms with van der Waals surface area (Å²) in [6.07, 6.45) is 1.65. The molecule has 19 heavy (non-hydrogen) atoms. The minimum Gasteiger partial charge on any atom is -0.496 e. The molecule has 1 amide bonds. The average Bonchev–Trinajstić information content (AvgIpc) is 2.46. The van der Waals surface area contributed by atoms with Crippen LogP contribution in [-0.4, -0.2) is 25.0 Å². The Kier molecular flexibility index (Phi) is 4.16. The van der Waals surface area contributed by atoms with Crippen LogP contribution in [0.25, 0.3) is 0 Å². The highest BCUT2D eigenvalue weighted by Gasteiger charge is 2.18. The average molecular weight is 321 g/mol. The molecule has 0 N–H and O–H groups in total. The van der Waals surface area contributed by atoms with Gasteiger partial charge < -0.3 is 4.74 Å². The molecule has 1 aromatic heterocycles. The molecule has 0 atom stereocenters. The topological polar surface area (TPSA) is 42.4 Å². The molecule has 0 bridgehead atoms. The van der Waals surface area contributed by atoms with E-state index in [1.54, 1.807) is 38.6 Å². The quantitative estimate of drug-likeness (QED) is 0.872. The number of amides is 1. The number of rotatable bonds is 3. The van der Waals surface area contributed by atoms with Gasteiger partial charge in [0.25, 0.3) is 5.91 Å². The Morgan fingerprint density at radius 2 is 2.11 bits per heavy atom. The molecule has 5 heteroatoms. The Morgan fingerprint density at radius 1 is 1.32 bits per heavy atom. The van der Waals surface area contributed by atoms with Crippen LogP contribution in [-0.2, 0) is 0 Å². The van der Waals surface area contributed by atoms with Crippen LogP contribution in [0.4, 0.5) is 5.82 Å². The molecule has 0 fully saturated rings. The minimum atomic E-state index is -0.164. The second-order valence-corrected chi connectivity index (χ2v) is 4.81. The number of benzene rings is 1. The number of ether oxygens (including phenoxy) is 1. The number of aromatic nitrogens is 1. The highest BCUT2D eigenvalue weighted by molar-refractivity contribution is 9.10. The number of methoxy groups -OCH3 is 1. The summed E-state index contributed by atoms with van der Waals surface area (Å²) in [5.41, 5.74) is 0.499. The smallest absolute Gasteiger partial charge is 0.262 e. The summed E-state index contributed by atoms with van der Waals surface area (Å²) in [5, 5.41) is 0. The third kappa shape index (κ3) is 2.93. The first kappa shape index (κ1) is 13.5. The Bertz CT molecular complexity index is 587. The largest absolute Gasteiger partial charge is 0.496 e. The van der Waals surface area contributed by atoms with Crippen molar-refractivity contribution in [2.75, 3.05) is 19.1 Å². The number of carbonyl (C=O) groups is 1. The molecule has 1 heterocycles. The molecular weight excluding hydrogens is 308 g/mol. The van der Waals surface area contributed by atoms with Gasteiger partial charge in [-0.05, 0) is 30.3 Å². The SMILES string of the molecule is COc1cc(Br)ccc1C(=O)N(C)c1ccccn1. The molecule has 0 spiro atoms. The van der Waals surface area contributed by atoms with Gasteiger partial charge in [-0.25, -0.2) is 4.98 Å². The van der Waals surface area contributed by atoms with Crippen molar-refractivity contribution in [3.05, 3.63) is 52.6 Å². The summed E-state index contributed by atoms with van der Waals surface area (Å²) in [6, 6.07) is 10.7. The van der Waals surface area contributed by atoms with Crippen LogP contribution in [0, 0.1) is 0 Å². The molecule has 2 aromatic rings. The zero-order chi connectivity index (χ0) is 13.8. The summed E-state index contributed by atoms with van der Waals surface area (Å²) >= 11 is 3.35. The van der Waals surface area contributed by atoms with E-state index in [2.05, 4.69) is 20.9 Å². The highest BCUT2D eigenvalue weighted by Crippen LogP contribution is 2.25. The van der Waals surface area contributed by atoms with Gasteiger partial charge in [-0.15, -0.1) is 0 Å². The van der Waals surface area contributed by atoms with Gasteiger partial charge >= 0.3 is 0 Å². The summed E-state index contributed by atoms with van der Waals surface area (Å²) in [4.78, 5) is 18.1. The van der Waals surface area contributed by atoms with E-state index in [0.717, 1.165) is 4.47 Å². The fourth-order valence-electron chi connectivity index (χ4n) is 1.68. The summed E-state index contributed by atoms with van der Waals surface area (Å²) < 4.78 is 6.10. The van der Waals surface area contributed by atoms with Crippen molar-refractivity contribution in [3.8, 4) is 5.75 Å². The van der Waals surface area contributed by atoms with Gasteiger partial charge in [0.05, 0.1) is 12.7 Å². The number of carbonyl (C=O) groups excluding carboxylic acids is 1. The first-order valence-electron chi connectivity index (χ1n) is 5.66. The fraction of sp³-hybridized carbons (Fsp3) is 0.143. The molecule has 0 aliphatic heterocycles. The van der Waals surface area contributed by atoms with Crippen molar-refractivity contribution in [3.63, 3.8) is 0 Å². The van der Waals surface area contributed by atoms with E-state index in [-0.39, 0.29) is 5.91 Å². The Labute approximate surface area is 120 Å². The third-order valence-corrected chi connectivity index (χ3v) is 3.18. The summed E-state index contributed by atoms with van der Waals surface area (Å²) in [5.74, 6) is 0.961. The number of halogens is 1. The maximum absolute atomic E-state index is 12.4. The van der Waals surface area contributed by atoms with Crippen molar-refractivity contribution >= 4 is 27.7 Å². The van der Waals surface area contributed by atoms with Crippen molar-refractivity contribution in [2.45, 2.75) is 0 Å². The normalized spacial score (nSPS) is 10.1. The van der Waals surface area contributed by atoms with Crippen molar-refractivity contribution in [2.24, 2.45) is 0 Å². The molecule has 0 saturated heterocycles. The molecule has 98 valence electrons. The lowest BCUT2D eigenvalue weighted by Crippen LogP contribution is -2.27. The number of nitrogens with zero attached hydrogens (tertiary/aromatic N) is 2. The van der Waals surface area contributed by atoms with Gasteiger partial charge in [0.15, 0.2) is 0 Å². The van der Waals surface area contributed by atoms with E-state index in [1.807, 2.05) is 18.2 Å². The van der Waals surface area contributed by atoms with Crippen molar-refractivity contribution in [1.29, 1.82) is 0 Å². The number of anilines is 1. The van der Waals surface area contributed by atoms with E-state index in [4.69, 9.17) is 4.74 Å². The van der Waals surface area contributed by atoms with Crippen LogP contribution in [0.1, 0.15) is 10.4 Å². The molecule has 0 aliphatic rings.